The van der Waals surface area contributed by atoms with Crippen LogP contribution in [0.5, 0.6) is 0 Å². The van der Waals surface area contributed by atoms with Gasteiger partial charge in [0.15, 0.2) is 0 Å². The largest absolute Gasteiger partial charge is 0.391 e. The highest BCUT2D eigenvalue weighted by Crippen LogP contribution is 2.26. The molecule has 16 heavy (non-hydrogen) atoms. The first-order valence-corrected chi connectivity index (χ1v) is 6.41. The van der Waals surface area contributed by atoms with E-state index in [-0.39, 0.29) is 5.91 Å². The molecule has 0 aromatic rings. The van der Waals surface area contributed by atoms with Crippen LogP contribution >= 0.6 is 0 Å². The van der Waals surface area contributed by atoms with Gasteiger partial charge < -0.3 is 10.4 Å². The minimum Gasteiger partial charge on any atom is -0.391 e. The molecule has 1 amide bonds. The van der Waals surface area contributed by atoms with Crippen LogP contribution in [0.1, 0.15) is 59.3 Å². The molecule has 1 aliphatic rings. The van der Waals surface area contributed by atoms with Crippen LogP contribution in [-0.4, -0.2) is 22.7 Å². The van der Waals surface area contributed by atoms with E-state index in [0.717, 1.165) is 0 Å². The predicted molar refractivity (Wildman–Crippen MR) is 65.1 cm³/mol. The van der Waals surface area contributed by atoms with E-state index in [2.05, 4.69) is 5.32 Å². The summed E-state index contributed by atoms with van der Waals surface area (Å²) in [6.07, 6.45) is 6.30. The molecule has 0 radical (unpaired) electrons. The highest BCUT2D eigenvalue weighted by molar-refractivity contribution is 5.77. The second-order valence-electron chi connectivity index (χ2n) is 5.65. The van der Waals surface area contributed by atoms with Crippen molar-refractivity contribution in [2.24, 2.45) is 5.92 Å². The van der Waals surface area contributed by atoms with Crippen LogP contribution < -0.4 is 5.32 Å². The summed E-state index contributed by atoms with van der Waals surface area (Å²) in [5.41, 5.74) is -0.522. The normalized spacial score (nSPS) is 20.5. The minimum atomic E-state index is -0.525. The van der Waals surface area contributed by atoms with E-state index < -0.39 is 11.6 Å². The second kappa shape index (κ2) is 5.67. The van der Waals surface area contributed by atoms with Crippen molar-refractivity contribution < 1.29 is 9.90 Å². The van der Waals surface area contributed by atoms with Crippen molar-refractivity contribution in [1.29, 1.82) is 0 Å². The summed E-state index contributed by atoms with van der Waals surface area (Å²) in [5.74, 6) is 0.636. The van der Waals surface area contributed by atoms with Crippen molar-refractivity contribution in [1.82, 2.24) is 5.32 Å². The summed E-state index contributed by atoms with van der Waals surface area (Å²) in [7, 11) is 0. The fourth-order valence-electron chi connectivity index (χ4n) is 2.17. The highest BCUT2D eigenvalue weighted by Gasteiger charge is 2.27. The van der Waals surface area contributed by atoms with Crippen LogP contribution in [0.4, 0.5) is 0 Å². The maximum absolute atomic E-state index is 11.8. The van der Waals surface area contributed by atoms with Gasteiger partial charge in [-0.15, -0.1) is 0 Å². The minimum absolute atomic E-state index is 0.0813. The molecule has 1 fully saturated rings. The monoisotopic (exact) mass is 227 g/mol. The van der Waals surface area contributed by atoms with Crippen LogP contribution in [0.2, 0.25) is 0 Å². The standard InChI is InChI=1S/C13H25NO2/c1-10(15)13(2,3)14-12(16)9-11-7-5-4-6-8-11/h10-11,15H,4-9H2,1-3H3,(H,14,16). The Hall–Kier alpha value is -0.570. The number of aliphatic hydroxyl groups is 1. The number of carbonyl (C=O) groups excluding carboxylic acids is 1. The van der Waals surface area contributed by atoms with Gasteiger partial charge in [-0.3, -0.25) is 4.79 Å². The number of carbonyl (C=O) groups is 1. The van der Waals surface area contributed by atoms with Gasteiger partial charge in [-0.25, -0.2) is 0 Å². The molecular weight excluding hydrogens is 202 g/mol. The fourth-order valence-corrected chi connectivity index (χ4v) is 2.17. The van der Waals surface area contributed by atoms with Gasteiger partial charge >= 0.3 is 0 Å². The third kappa shape index (κ3) is 4.12. The first kappa shape index (κ1) is 13.5. The Kier molecular flexibility index (Phi) is 4.78. The Labute approximate surface area is 98.6 Å². The Morgan fingerprint density at radius 3 is 2.44 bits per heavy atom. The highest BCUT2D eigenvalue weighted by atomic mass is 16.3. The average Bonchev–Trinajstić information content (AvgIpc) is 2.17. The van der Waals surface area contributed by atoms with Gasteiger partial charge in [0.25, 0.3) is 0 Å². The maximum Gasteiger partial charge on any atom is 0.220 e. The molecular formula is C13H25NO2. The topological polar surface area (TPSA) is 49.3 Å². The number of hydrogen-bond donors (Lipinski definition) is 2. The summed E-state index contributed by atoms with van der Waals surface area (Å²) in [6, 6.07) is 0. The zero-order chi connectivity index (χ0) is 12.2. The summed E-state index contributed by atoms with van der Waals surface area (Å²) in [6.45, 7) is 5.42. The van der Waals surface area contributed by atoms with Crippen LogP contribution in [0.15, 0.2) is 0 Å². The van der Waals surface area contributed by atoms with E-state index >= 15 is 0 Å². The summed E-state index contributed by atoms with van der Waals surface area (Å²) in [4.78, 5) is 11.8. The molecule has 0 aliphatic heterocycles. The molecule has 0 aromatic carbocycles. The first-order valence-electron chi connectivity index (χ1n) is 6.41. The van der Waals surface area contributed by atoms with E-state index in [1.807, 2.05) is 13.8 Å². The fraction of sp³-hybridized carbons (Fsp3) is 0.923. The van der Waals surface area contributed by atoms with Crippen molar-refractivity contribution >= 4 is 5.91 Å². The first-order chi connectivity index (χ1) is 7.42. The number of amides is 1. The number of nitrogens with one attached hydrogen (secondary N) is 1. The van der Waals surface area contributed by atoms with E-state index in [4.69, 9.17) is 0 Å². The molecule has 94 valence electrons. The lowest BCUT2D eigenvalue weighted by Crippen LogP contribution is -2.51. The van der Waals surface area contributed by atoms with Crippen LogP contribution in [0.3, 0.4) is 0 Å². The van der Waals surface area contributed by atoms with Gasteiger partial charge in [0, 0.05) is 6.42 Å². The third-order valence-electron chi connectivity index (χ3n) is 3.70. The van der Waals surface area contributed by atoms with Crippen molar-refractivity contribution in [3.63, 3.8) is 0 Å². The molecule has 0 aromatic heterocycles. The molecule has 0 bridgehead atoms. The Morgan fingerprint density at radius 2 is 1.94 bits per heavy atom. The quantitative estimate of drug-likeness (QED) is 0.773. The zero-order valence-electron chi connectivity index (χ0n) is 10.8. The van der Waals surface area contributed by atoms with Crippen molar-refractivity contribution in [3.05, 3.63) is 0 Å². The van der Waals surface area contributed by atoms with Gasteiger partial charge in [0.1, 0.15) is 0 Å². The predicted octanol–water partition coefficient (Wildman–Crippen LogP) is 2.23. The van der Waals surface area contributed by atoms with E-state index in [1.165, 1.54) is 32.1 Å². The molecule has 1 rings (SSSR count). The van der Waals surface area contributed by atoms with Crippen molar-refractivity contribution in [3.8, 4) is 0 Å². The van der Waals surface area contributed by atoms with Gasteiger partial charge in [-0.1, -0.05) is 19.3 Å². The molecule has 1 aliphatic carbocycles. The average molecular weight is 227 g/mol. The Morgan fingerprint density at radius 1 is 1.38 bits per heavy atom. The lowest BCUT2D eigenvalue weighted by Gasteiger charge is -2.30. The second-order valence-corrected chi connectivity index (χ2v) is 5.65. The molecule has 1 unspecified atom stereocenters. The third-order valence-corrected chi connectivity index (χ3v) is 3.70. The molecule has 2 N–H and O–H groups in total. The van der Waals surface area contributed by atoms with Gasteiger partial charge in [-0.05, 0) is 39.5 Å². The molecule has 0 heterocycles. The maximum atomic E-state index is 11.8. The van der Waals surface area contributed by atoms with E-state index in [0.29, 0.717) is 12.3 Å². The molecule has 1 atom stereocenters. The van der Waals surface area contributed by atoms with E-state index in [9.17, 15) is 9.90 Å². The van der Waals surface area contributed by atoms with Crippen LogP contribution in [-0.2, 0) is 4.79 Å². The zero-order valence-corrected chi connectivity index (χ0v) is 10.8. The summed E-state index contributed by atoms with van der Waals surface area (Å²) >= 11 is 0. The smallest absolute Gasteiger partial charge is 0.220 e. The Bertz CT molecular complexity index is 230. The molecule has 1 saturated carbocycles. The number of hydrogen-bond acceptors (Lipinski definition) is 2. The summed E-state index contributed by atoms with van der Waals surface area (Å²) in [5, 5.41) is 12.4. The lowest BCUT2D eigenvalue weighted by molar-refractivity contribution is -0.125. The molecule has 3 heteroatoms. The van der Waals surface area contributed by atoms with Crippen LogP contribution in [0, 0.1) is 5.92 Å². The Balaban J connectivity index is 2.34. The molecule has 0 saturated heterocycles. The number of aliphatic hydroxyl groups excluding tert-OH is 1. The SMILES string of the molecule is CC(O)C(C)(C)NC(=O)CC1CCCCC1. The van der Waals surface area contributed by atoms with Gasteiger partial charge in [-0.2, -0.15) is 0 Å². The molecule has 3 nitrogen and oxygen atoms in total. The van der Waals surface area contributed by atoms with Crippen molar-refractivity contribution in [2.75, 3.05) is 0 Å². The lowest BCUT2D eigenvalue weighted by atomic mass is 9.86. The summed E-state index contributed by atoms with van der Waals surface area (Å²) < 4.78 is 0. The van der Waals surface area contributed by atoms with Gasteiger partial charge in [0.2, 0.25) is 5.91 Å². The van der Waals surface area contributed by atoms with Gasteiger partial charge in [0.05, 0.1) is 11.6 Å². The molecule has 0 spiro atoms. The van der Waals surface area contributed by atoms with Crippen molar-refractivity contribution in [2.45, 2.75) is 70.9 Å². The van der Waals surface area contributed by atoms with Crippen LogP contribution in [0.25, 0.3) is 0 Å². The number of rotatable bonds is 4. The van der Waals surface area contributed by atoms with E-state index in [1.54, 1.807) is 6.92 Å².